The molecule has 0 saturated carbocycles. The first-order valence-corrected chi connectivity index (χ1v) is 13.9. The first-order valence-electron chi connectivity index (χ1n) is 12.4. The Labute approximate surface area is 223 Å². The molecular weight excluding hydrogens is 514 g/mol. The molecule has 210 valence electrons. The van der Waals surface area contributed by atoms with E-state index in [1.165, 1.54) is 36.9 Å². The summed E-state index contributed by atoms with van der Waals surface area (Å²) in [6, 6.07) is 3.65. The average Bonchev–Trinajstić information content (AvgIpc) is 3.19. The average molecular weight is 552 g/mol. The number of nitrogens with one attached hydrogen (secondary N) is 2. The summed E-state index contributed by atoms with van der Waals surface area (Å²) in [5.41, 5.74) is 0.498. The summed E-state index contributed by atoms with van der Waals surface area (Å²) in [6.45, 7) is 10.7. The van der Waals surface area contributed by atoms with Crippen molar-refractivity contribution < 1.29 is 32.4 Å². The Kier molecular flexibility index (Phi) is 8.93. The molecule has 0 bridgehead atoms. The zero-order valence-corrected chi connectivity index (χ0v) is 23.6. The molecule has 1 aromatic heterocycles. The lowest BCUT2D eigenvalue weighted by molar-refractivity contribution is 0.0366. The van der Waals surface area contributed by atoms with Crippen LogP contribution < -0.4 is 14.8 Å². The molecule has 0 unspecified atom stereocenters. The maximum absolute atomic E-state index is 13.6. The molecule has 1 aliphatic heterocycles. The molecule has 13 heteroatoms. The van der Waals surface area contributed by atoms with Crippen LogP contribution in [-0.2, 0) is 10.0 Å². The second-order valence-electron chi connectivity index (χ2n) is 10.1. The van der Waals surface area contributed by atoms with Crippen molar-refractivity contribution in [2.24, 2.45) is 5.92 Å². The number of nitrogens with zero attached hydrogens (tertiary/aromatic N) is 3. The quantitative estimate of drug-likeness (QED) is 0.452. The van der Waals surface area contributed by atoms with Crippen LogP contribution in [0.5, 0.6) is 5.75 Å². The fourth-order valence-electron chi connectivity index (χ4n) is 4.28. The highest BCUT2D eigenvalue weighted by Crippen LogP contribution is 2.32. The second-order valence-corrected chi connectivity index (χ2v) is 11.7. The monoisotopic (exact) mass is 551 g/mol. The molecule has 3 rings (SSSR count). The number of likely N-dealkylation sites (N-methyl/N-ethyl adjacent to an activating group) is 1. The van der Waals surface area contributed by atoms with Gasteiger partial charge in [0.15, 0.2) is 10.7 Å². The molecule has 0 spiro atoms. The van der Waals surface area contributed by atoms with Gasteiger partial charge in [-0.1, -0.05) is 12.1 Å². The van der Waals surface area contributed by atoms with E-state index in [1.54, 1.807) is 18.9 Å². The summed E-state index contributed by atoms with van der Waals surface area (Å²) in [5.74, 6) is -0.199. The van der Waals surface area contributed by atoms with Crippen molar-refractivity contribution in [3.8, 4) is 5.75 Å². The van der Waals surface area contributed by atoms with Crippen molar-refractivity contribution in [2.45, 2.75) is 64.6 Å². The molecule has 1 aliphatic rings. The Bertz CT molecular complexity index is 1260. The van der Waals surface area contributed by atoms with Crippen molar-refractivity contribution in [3.05, 3.63) is 35.2 Å². The van der Waals surface area contributed by atoms with Crippen molar-refractivity contribution in [2.75, 3.05) is 31.5 Å². The van der Waals surface area contributed by atoms with Gasteiger partial charge in [0.1, 0.15) is 17.5 Å². The number of ether oxygens (including phenoxy) is 1. The molecule has 0 aliphatic carbocycles. The number of rotatable bonds is 8. The number of urea groups is 1. The smallest absolute Gasteiger partial charge is 0.317 e. The van der Waals surface area contributed by atoms with E-state index >= 15 is 0 Å². The highest BCUT2D eigenvalue weighted by Gasteiger charge is 2.34. The molecule has 1 aromatic carbocycles. The predicted molar refractivity (Wildman–Crippen MR) is 141 cm³/mol. The summed E-state index contributed by atoms with van der Waals surface area (Å²) in [5, 5.41) is 16.4. The largest absolute Gasteiger partial charge is 0.487 e. The Morgan fingerprint density at radius 1 is 1.29 bits per heavy atom. The van der Waals surface area contributed by atoms with E-state index in [0.717, 1.165) is 0 Å². The van der Waals surface area contributed by atoms with E-state index in [0.29, 0.717) is 0 Å². The highest BCUT2D eigenvalue weighted by molar-refractivity contribution is 7.92. The van der Waals surface area contributed by atoms with Crippen LogP contribution in [0, 0.1) is 19.8 Å². The number of anilines is 1. The van der Waals surface area contributed by atoms with E-state index in [1.807, 2.05) is 20.8 Å². The van der Waals surface area contributed by atoms with Crippen molar-refractivity contribution in [3.63, 3.8) is 0 Å². The topological polar surface area (TPSA) is 154 Å². The van der Waals surface area contributed by atoms with Gasteiger partial charge in [-0.25, -0.2) is 13.2 Å². The fraction of sp³-hybridized carbons (Fsp3) is 0.560. The molecule has 3 amide bonds. The number of benzene rings is 1. The Balaban J connectivity index is 1.98. The van der Waals surface area contributed by atoms with E-state index in [4.69, 9.17) is 9.26 Å². The summed E-state index contributed by atoms with van der Waals surface area (Å²) < 4.78 is 39.8. The minimum absolute atomic E-state index is 0.0347. The molecule has 0 saturated heterocycles. The van der Waals surface area contributed by atoms with Crippen LogP contribution in [0.25, 0.3) is 0 Å². The van der Waals surface area contributed by atoms with Crippen molar-refractivity contribution in [1.29, 1.82) is 0 Å². The number of aryl methyl sites for hydroxylation is 2. The van der Waals surface area contributed by atoms with Gasteiger partial charge in [0.2, 0.25) is 0 Å². The van der Waals surface area contributed by atoms with Crippen molar-refractivity contribution >= 4 is 27.6 Å². The number of aliphatic hydroxyl groups excluding tert-OH is 1. The summed E-state index contributed by atoms with van der Waals surface area (Å²) in [7, 11) is -2.38. The number of aromatic nitrogens is 1. The third kappa shape index (κ3) is 6.38. The number of carbonyl (C=O) groups is 2. The zero-order valence-electron chi connectivity index (χ0n) is 22.8. The molecule has 12 nitrogen and oxygen atoms in total. The predicted octanol–water partition coefficient (Wildman–Crippen LogP) is 2.36. The van der Waals surface area contributed by atoms with Gasteiger partial charge >= 0.3 is 6.03 Å². The summed E-state index contributed by atoms with van der Waals surface area (Å²) in [4.78, 5) is 29.1. The van der Waals surface area contributed by atoms with Gasteiger partial charge in [0.05, 0.1) is 24.8 Å². The molecule has 2 heterocycles. The molecule has 2 aromatic rings. The fourth-order valence-corrected chi connectivity index (χ4v) is 5.66. The minimum atomic E-state index is -4.04. The second kappa shape index (κ2) is 11.6. The van der Waals surface area contributed by atoms with Gasteiger partial charge in [-0.15, -0.1) is 0 Å². The van der Waals surface area contributed by atoms with E-state index < -0.39 is 28.1 Å². The van der Waals surface area contributed by atoms with Gasteiger partial charge in [0.25, 0.3) is 15.9 Å². The molecular formula is C25H37N5O7S. The van der Waals surface area contributed by atoms with Crippen LogP contribution in [-0.4, -0.2) is 85.4 Å². The van der Waals surface area contributed by atoms with Gasteiger partial charge in [-0.05, 0) is 52.8 Å². The van der Waals surface area contributed by atoms with Crippen molar-refractivity contribution in [1.82, 2.24) is 20.3 Å². The molecule has 3 atom stereocenters. The number of hydrogen-bond acceptors (Lipinski definition) is 8. The molecule has 3 N–H and O–H groups in total. The molecule has 38 heavy (non-hydrogen) atoms. The van der Waals surface area contributed by atoms with Crippen LogP contribution in [0.15, 0.2) is 27.6 Å². The van der Waals surface area contributed by atoms with Gasteiger partial charge < -0.3 is 29.5 Å². The standard InChI is InChI=1S/C25H37N5O7S/c1-14(2)26-25(33)29(7)12-22-15(3)11-30(16(4)13-31)24(32)20-10-19(8-9-21(20)36-22)28-38(34,35)23-17(5)27-37-18(23)6/h8-10,14-16,22,28,31H,11-13H2,1-7H3,(H,26,33)/t15-,16+,22+/m0/s1. The van der Waals surface area contributed by atoms with E-state index in [2.05, 4.69) is 15.2 Å². The number of fused-ring (bicyclic) bond motifs is 1. The normalized spacial score (nSPS) is 18.8. The number of aliphatic hydroxyl groups is 1. The Morgan fingerprint density at radius 2 is 1.97 bits per heavy atom. The first kappa shape index (κ1) is 29.2. The number of amides is 3. The zero-order chi connectivity index (χ0) is 28.4. The maximum atomic E-state index is 13.6. The lowest BCUT2D eigenvalue weighted by atomic mass is 9.99. The third-order valence-electron chi connectivity index (χ3n) is 6.37. The SMILES string of the molecule is Cc1noc(C)c1S(=O)(=O)Nc1ccc2c(c1)C(=O)N([C@H](C)CO)C[C@H](C)[C@@H](CN(C)C(=O)NC(C)C)O2. The highest BCUT2D eigenvalue weighted by atomic mass is 32.2. The summed E-state index contributed by atoms with van der Waals surface area (Å²) >= 11 is 0. The lowest BCUT2D eigenvalue weighted by Gasteiger charge is -2.38. The van der Waals surface area contributed by atoms with Gasteiger partial charge in [-0.2, -0.15) is 0 Å². The molecule has 0 radical (unpaired) electrons. The molecule has 0 fully saturated rings. The van der Waals surface area contributed by atoms with E-state index in [9.17, 15) is 23.1 Å². The maximum Gasteiger partial charge on any atom is 0.317 e. The Morgan fingerprint density at radius 3 is 2.55 bits per heavy atom. The number of sulfonamides is 1. The lowest BCUT2D eigenvalue weighted by Crippen LogP contribution is -2.51. The van der Waals surface area contributed by atoms with Gasteiger partial charge in [0, 0.05) is 31.2 Å². The minimum Gasteiger partial charge on any atom is -0.487 e. The van der Waals surface area contributed by atoms with Crippen LogP contribution >= 0.6 is 0 Å². The summed E-state index contributed by atoms with van der Waals surface area (Å²) in [6.07, 6.45) is -0.483. The number of hydrogen-bond donors (Lipinski definition) is 3. The van der Waals surface area contributed by atoms with Crippen LogP contribution in [0.3, 0.4) is 0 Å². The number of carbonyl (C=O) groups excluding carboxylic acids is 2. The third-order valence-corrected chi connectivity index (χ3v) is 7.99. The Hall–Kier alpha value is -3.32. The van der Waals surface area contributed by atoms with Crippen LogP contribution in [0.1, 0.15) is 49.5 Å². The van der Waals surface area contributed by atoms with Crippen LogP contribution in [0.2, 0.25) is 0 Å². The van der Waals surface area contributed by atoms with E-state index in [-0.39, 0.29) is 71.0 Å². The van der Waals surface area contributed by atoms with Crippen LogP contribution in [0.4, 0.5) is 10.5 Å². The first-order chi connectivity index (χ1) is 17.7. The van der Waals surface area contributed by atoms with Gasteiger partial charge in [-0.3, -0.25) is 9.52 Å².